The van der Waals surface area contributed by atoms with Crippen LogP contribution < -0.4 is 10.2 Å². The van der Waals surface area contributed by atoms with Crippen LogP contribution in [0.2, 0.25) is 0 Å². The van der Waals surface area contributed by atoms with Crippen molar-refractivity contribution in [3.63, 3.8) is 0 Å². The minimum Gasteiger partial charge on any atom is -0.391 e. The number of hydrogen-bond donors (Lipinski definition) is 2. The fourth-order valence-electron chi connectivity index (χ4n) is 2.34. The zero-order valence-corrected chi connectivity index (χ0v) is 11.7. The van der Waals surface area contributed by atoms with Gasteiger partial charge in [0, 0.05) is 25.7 Å². The summed E-state index contributed by atoms with van der Waals surface area (Å²) in [6, 6.07) is 3.07. The number of nitrogens with one attached hydrogen (secondary N) is 1. The van der Waals surface area contributed by atoms with E-state index in [1.54, 1.807) is 11.0 Å². The molecule has 1 aromatic rings. The highest BCUT2D eigenvalue weighted by Crippen LogP contribution is 2.31. The Morgan fingerprint density at radius 2 is 2.35 bits per heavy atom. The number of hydrogen-bond acceptors (Lipinski definition) is 6. The molecule has 7 heteroatoms. The van der Waals surface area contributed by atoms with Crippen molar-refractivity contribution in [1.29, 1.82) is 0 Å². The normalized spacial score (nSPS) is 22.6. The van der Waals surface area contributed by atoms with E-state index in [1.807, 2.05) is 13.8 Å². The molecule has 0 radical (unpaired) electrons. The Hall–Kier alpha value is -1.89. The van der Waals surface area contributed by atoms with Crippen molar-refractivity contribution in [3.05, 3.63) is 22.2 Å². The first-order valence-corrected chi connectivity index (χ1v) is 6.85. The van der Waals surface area contributed by atoms with Gasteiger partial charge in [-0.15, -0.1) is 0 Å². The maximum Gasteiger partial charge on any atom is 0.311 e. The Labute approximate surface area is 117 Å². The van der Waals surface area contributed by atoms with Crippen molar-refractivity contribution in [2.24, 2.45) is 5.92 Å². The fourth-order valence-corrected chi connectivity index (χ4v) is 2.34. The molecule has 2 unspecified atom stereocenters. The van der Waals surface area contributed by atoms with Crippen LogP contribution in [-0.4, -0.2) is 40.8 Å². The topological polar surface area (TPSA) is 91.5 Å². The van der Waals surface area contributed by atoms with E-state index < -0.39 is 11.0 Å². The van der Waals surface area contributed by atoms with E-state index in [4.69, 9.17) is 0 Å². The number of aliphatic hydroxyl groups excluding tert-OH is 1. The highest BCUT2D eigenvalue weighted by Gasteiger charge is 2.29. The third-order valence-corrected chi connectivity index (χ3v) is 3.63. The predicted octanol–water partition coefficient (Wildman–Crippen LogP) is 1.63. The Morgan fingerprint density at radius 1 is 1.60 bits per heavy atom. The van der Waals surface area contributed by atoms with E-state index in [0.717, 1.165) is 6.42 Å². The van der Waals surface area contributed by atoms with Crippen LogP contribution >= 0.6 is 0 Å². The monoisotopic (exact) mass is 280 g/mol. The van der Waals surface area contributed by atoms with Crippen LogP contribution in [-0.2, 0) is 0 Å². The van der Waals surface area contributed by atoms with Gasteiger partial charge >= 0.3 is 5.69 Å². The number of nitrogens with zero attached hydrogens (tertiary/aromatic N) is 3. The van der Waals surface area contributed by atoms with Crippen LogP contribution in [0.4, 0.5) is 17.3 Å². The van der Waals surface area contributed by atoms with Gasteiger partial charge in [-0.3, -0.25) is 10.1 Å². The van der Waals surface area contributed by atoms with Crippen molar-refractivity contribution in [1.82, 2.24) is 4.98 Å². The van der Waals surface area contributed by atoms with E-state index in [-0.39, 0.29) is 11.6 Å². The first kappa shape index (κ1) is 14.5. The summed E-state index contributed by atoms with van der Waals surface area (Å²) in [5, 5.41) is 24.1. The second-order valence-corrected chi connectivity index (χ2v) is 5.11. The van der Waals surface area contributed by atoms with Gasteiger partial charge in [0.05, 0.1) is 11.0 Å². The minimum atomic E-state index is -0.479. The highest BCUT2D eigenvalue weighted by molar-refractivity contribution is 5.62. The Morgan fingerprint density at radius 3 is 2.95 bits per heavy atom. The summed E-state index contributed by atoms with van der Waals surface area (Å²) >= 11 is 0. The van der Waals surface area contributed by atoms with Gasteiger partial charge in [-0.25, -0.2) is 4.98 Å². The van der Waals surface area contributed by atoms with Crippen molar-refractivity contribution >= 4 is 17.3 Å². The Kier molecular flexibility index (Phi) is 4.39. The van der Waals surface area contributed by atoms with Gasteiger partial charge in [-0.05, 0) is 25.3 Å². The third-order valence-electron chi connectivity index (χ3n) is 3.63. The molecule has 1 aromatic heterocycles. The number of anilines is 2. The smallest absolute Gasteiger partial charge is 0.311 e. The van der Waals surface area contributed by atoms with Gasteiger partial charge in [0.2, 0.25) is 5.82 Å². The van der Waals surface area contributed by atoms with Crippen LogP contribution in [0.15, 0.2) is 12.1 Å². The van der Waals surface area contributed by atoms with Gasteiger partial charge in [0.15, 0.2) is 0 Å². The molecule has 1 fully saturated rings. The summed E-state index contributed by atoms with van der Waals surface area (Å²) < 4.78 is 0. The van der Waals surface area contributed by atoms with Crippen LogP contribution in [0, 0.1) is 16.0 Å². The van der Waals surface area contributed by atoms with E-state index in [0.29, 0.717) is 31.3 Å². The molecule has 2 rings (SSSR count). The summed E-state index contributed by atoms with van der Waals surface area (Å²) in [6.45, 7) is 5.67. The van der Waals surface area contributed by atoms with Gasteiger partial charge in [-0.2, -0.15) is 0 Å². The number of β-amino-alcohol motifs (C(OH)–C–C–N with tert-alkyl or cyclic N) is 1. The SMILES string of the molecule is CCNc1ccc([N+](=O)[O-])c(N2CCC(C)C(O)C2)n1. The maximum atomic E-state index is 11.1. The van der Waals surface area contributed by atoms with Gasteiger partial charge in [0.25, 0.3) is 0 Å². The lowest BCUT2D eigenvalue weighted by atomic mass is 9.96. The molecule has 1 saturated heterocycles. The third kappa shape index (κ3) is 2.98. The number of rotatable bonds is 4. The molecule has 0 bridgehead atoms. The molecule has 2 heterocycles. The lowest BCUT2D eigenvalue weighted by Crippen LogP contribution is -2.43. The first-order chi connectivity index (χ1) is 9.52. The van der Waals surface area contributed by atoms with E-state index in [1.165, 1.54) is 6.07 Å². The highest BCUT2D eigenvalue weighted by atomic mass is 16.6. The number of aromatic nitrogens is 1. The Bertz CT molecular complexity index is 495. The Balaban J connectivity index is 2.32. The average Bonchev–Trinajstić information content (AvgIpc) is 2.42. The lowest BCUT2D eigenvalue weighted by molar-refractivity contribution is -0.384. The fraction of sp³-hybridized carbons (Fsp3) is 0.615. The molecule has 110 valence electrons. The summed E-state index contributed by atoms with van der Waals surface area (Å²) in [4.78, 5) is 16.8. The molecule has 1 aliphatic rings. The minimum absolute atomic E-state index is 0.0200. The number of pyridine rings is 1. The zero-order chi connectivity index (χ0) is 14.7. The summed E-state index contributed by atoms with van der Waals surface area (Å²) in [6.07, 6.45) is 0.318. The summed E-state index contributed by atoms with van der Waals surface area (Å²) in [7, 11) is 0. The van der Waals surface area contributed by atoms with Crippen molar-refractivity contribution in [2.45, 2.75) is 26.4 Å². The summed E-state index contributed by atoms with van der Waals surface area (Å²) in [5.74, 6) is 1.16. The zero-order valence-electron chi connectivity index (χ0n) is 11.7. The van der Waals surface area contributed by atoms with Crippen molar-refractivity contribution in [2.75, 3.05) is 29.9 Å². The molecule has 1 aliphatic heterocycles. The average molecular weight is 280 g/mol. The van der Waals surface area contributed by atoms with Gasteiger partial charge in [-0.1, -0.05) is 6.92 Å². The van der Waals surface area contributed by atoms with E-state index in [2.05, 4.69) is 10.3 Å². The van der Waals surface area contributed by atoms with Crippen LogP contribution in [0.1, 0.15) is 20.3 Å². The number of piperidine rings is 1. The number of aliphatic hydroxyl groups is 1. The number of nitro groups is 1. The van der Waals surface area contributed by atoms with Crippen LogP contribution in [0.25, 0.3) is 0 Å². The summed E-state index contributed by atoms with van der Waals surface area (Å²) in [5.41, 5.74) is -0.0200. The van der Waals surface area contributed by atoms with Crippen molar-refractivity contribution < 1.29 is 10.0 Å². The standard InChI is InChI=1S/C13H20N4O3/c1-3-14-12-5-4-10(17(19)20)13(15-12)16-7-6-9(2)11(18)8-16/h4-5,9,11,18H,3,6-8H2,1-2H3,(H,14,15). The van der Waals surface area contributed by atoms with Crippen LogP contribution in [0.3, 0.4) is 0 Å². The molecule has 2 atom stereocenters. The molecular weight excluding hydrogens is 260 g/mol. The maximum absolute atomic E-state index is 11.1. The van der Waals surface area contributed by atoms with E-state index >= 15 is 0 Å². The van der Waals surface area contributed by atoms with Gasteiger partial charge in [0.1, 0.15) is 5.82 Å². The molecule has 0 aliphatic carbocycles. The van der Waals surface area contributed by atoms with Gasteiger partial charge < -0.3 is 15.3 Å². The van der Waals surface area contributed by atoms with E-state index in [9.17, 15) is 15.2 Å². The molecule has 0 spiro atoms. The quantitative estimate of drug-likeness (QED) is 0.643. The molecule has 2 N–H and O–H groups in total. The molecule has 7 nitrogen and oxygen atoms in total. The molecule has 0 aromatic carbocycles. The molecule has 0 saturated carbocycles. The second-order valence-electron chi connectivity index (χ2n) is 5.11. The molecular formula is C13H20N4O3. The second kappa shape index (κ2) is 6.04. The lowest BCUT2D eigenvalue weighted by Gasteiger charge is -2.34. The van der Waals surface area contributed by atoms with Crippen molar-refractivity contribution in [3.8, 4) is 0 Å². The molecule has 0 amide bonds. The largest absolute Gasteiger partial charge is 0.391 e. The van der Waals surface area contributed by atoms with Crippen LogP contribution in [0.5, 0.6) is 0 Å². The predicted molar refractivity (Wildman–Crippen MR) is 77.1 cm³/mol. The first-order valence-electron chi connectivity index (χ1n) is 6.85. The molecule has 20 heavy (non-hydrogen) atoms.